The first kappa shape index (κ1) is 6.31. The van der Waals surface area contributed by atoms with E-state index in [2.05, 4.69) is 0 Å². The second-order valence-electron chi connectivity index (χ2n) is 2.31. The molecular weight excluding hydrogens is 130 g/mol. The van der Waals surface area contributed by atoms with Crippen LogP contribution in [-0.4, -0.2) is 18.3 Å². The predicted molar refractivity (Wildman–Crippen MR) is 41.6 cm³/mol. The van der Waals surface area contributed by atoms with E-state index in [1.807, 2.05) is 0 Å². The lowest BCUT2D eigenvalue weighted by atomic mass is 10.2. The van der Waals surface area contributed by atoms with Gasteiger partial charge in [-0.25, -0.2) is 0 Å². The van der Waals surface area contributed by atoms with Crippen molar-refractivity contribution in [3.05, 3.63) is 0 Å². The van der Waals surface area contributed by atoms with Crippen molar-refractivity contribution in [3.8, 4) is 0 Å². The van der Waals surface area contributed by atoms with E-state index in [1.165, 1.54) is 6.92 Å². The Bertz CT molecular complexity index is 156. The molecule has 3 nitrogen and oxygen atoms in total. The Hall–Kier alpha value is -0.410. The maximum absolute atomic E-state index is 10.6. The molecular formula is C7H16N2O. The van der Waals surface area contributed by atoms with Gasteiger partial charge in [-0.05, 0) is 26.3 Å². The van der Waals surface area contributed by atoms with Crippen LogP contribution in [0.3, 0.4) is 0 Å². The van der Waals surface area contributed by atoms with Crippen molar-refractivity contribution < 1.29 is 7.54 Å². The van der Waals surface area contributed by atoms with Gasteiger partial charge < -0.3 is 11.5 Å². The zero-order valence-corrected chi connectivity index (χ0v) is 6.26. The summed E-state index contributed by atoms with van der Waals surface area (Å²) < 4.78 is 14.0. The first-order valence-corrected chi connectivity index (χ1v) is 3.38. The molecule has 10 heavy (non-hydrogen) atoms. The number of Topliss-reactive ketones (excluding diaryl/α,β-unsaturated/α-hetero) is 1. The van der Waals surface area contributed by atoms with Crippen LogP contribution >= 0.6 is 0 Å². The van der Waals surface area contributed by atoms with Gasteiger partial charge in [-0.2, -0.15) is 0 Å². The van der Waals surface area contributed by atoms with Gasteiger partial charge in [-0.3, -0.25) is 4.79 Å². The Balaban J connectivity index is 3.51. The molecule has 0 saturated carbocycles. The molecule has 60 valence electrons. The second-order valence-corrected chi connectivity index (χ2v) is 2.31. The number of ketones is 1. The van der Waals surface area contributed by atoms with Gasteiger partial charge in [0.25, 0.3) is 0 Å². The van der Waals surface area contributed by atoms with Crippen molar-refractivity contribution >= 4 is 5.78 Å². The average Bonchev–Trinajstić information content (AvgIpc) is 1.84. The highest BCUT2D eigenvalue weighted by Gasteiger charge is 2.05. The summed E-state index contributed by atoms with van der Waals surface area (Å²) in [6, 6.07) is -0.465. The molecule has 0 saturated heterocycles. The monoisotopic (exact) mass is 148 g/mol. The van der Waals surface area contributed by atoms with E-state index >= 15 is 0 Å². The lowest BCUT2D eigenvalue weighted by Gasteiger charge is -2.05. The molecule has 1 atom stereocenters. The third kappa shape index (κ3) is 4.47. The summed E-state index contributed by atoms with van der Waals surface area (Å²) in [4.78, 5) is 10.6. The van der Waals surface area contributed by atoms with E-state index in [0.717, 1.165) is 0 Å². The summed E-state index contributed by atoms with van der Waals surface area (Å²) in [6.45, 7) is -0.210. The van der Waals surface area contributed by atoms with Crippen LogP contribution in [0.2, 0.25) is 0 Å². The minimum absolute atomic E-state index is 0.0624. The lowest BCUT2D eigenvalue weighted by molar-refractivity contribution is -0.118. The fraction of sp³-hybridized carbons (Fsp3) is 0.857. The summed E-state index contributed by atoms with van der Waals surface area (Å²) >= 11 is 0. The van der Waals surface area contributed by atoms with Crippen molar-refractivity contribution in [2.45, 2.75) is 32.2 Å². The van der Waals surface area contributed by atoms with Crippen LogP contribution in [0, 0.1) is 0 Å². The van der Waals surface area contributed by atoms with Gasteiger partial charge in [0.05, 0.1) is 6.04 Å². The van der Waals surface area contributed by atoms with Gasteiger partial charge in [0.15, 0.2) is 0 Å². The van der Waals surface area contributed by atoms with Crippen LogP contribution in [0.1, 0.15) is 28.9 Å². The zero-order valence-electron chi connectivity index (χ0n) is 8.26. The highest BCUT2D eigenvalue weighted by atomic mass is 16.1. The van der Waals surface area contributed by atoms with Gasteiger partial charge >= 0.3 is 0 Å². The van der Waals surface area contributed by atoms with Crippen molar-refractivity contribution in [2.24, 2.45) is 11.5 Å². The Morgan fingerprint density at radius 2 is 2.30 bits per heavy atom. The molecule has 0 aromatic carbocycles. The number of nitrogens with two attached hydrogens (primary N) is 2. The predicted octanol–water partition coefficient (Wildman–Crippen LogP) is 0.0317. The van der Waals surface area contributed by atoms with Crippen molar-refractivity contribution in [1.82, 2.24) is 0 Å². The Morgan fingerprint density at radius 1 is 1.70 bits per heavy atom. The molecule has 0 bridgehead atoms. The zero-order chi connectivity index (χ0) is 9.78. The molecule has 0 heterocycles. The molecule has 0 amide bonds. The average molecular weight is 148 g/mol. The topological polar surface area (TPSA) is 69.1 Å². The lowest BCUT2D eigenvalue weighted by Crippen LogP contribution is -2.28. The highest BCUT2D eigenvalue weighted by Crippen LogP contribution is 1.97. The van der Waals surface area contributed by atoms with Gasteiger partial charge in [0.1, 0.15) is 5.78 Å². The summed E-state index contributed by atoms with van der Waals surface area (Å²) in [5.41, 5.74) is 10.5. The molecule has 0 aliphatic carbocycles. The standard InChI is InChI=1S/C7H16N2O/c1-6(10)7(9)4-2-3-5-8/h7H,2-5,8-9H2,1H3/t7-/m0/s1/i2+1,5D2,8+1. The van der Waals surface area contributed by atoms with Gasteiger partial charge in [0.2, 0.25) is 0 Å². The highest BCUT2D eigenvalue weighted by molar-refractivity contribution is 5.80. The van der Waals surface area contributed by atoms with E-state index in [-0.39, 0.29) is 12.2 Å². The quantitative estimate of drug-likeness (QED) is 0.427. The first-order valence-electron chi connectivity index (χ1n) is 4.38. The molecule has 0 rings (SSSR count). The van der Waals surface area contributed by atoms with Crippen LogP contribution < -0.4 is 11.5 Å². The normalized spacial score (nSPS) is 17.5. The smallest absolute Gasteiger partial charge is 0.146 e. The molecule has 0 radical (unpaired) electrons. The molecule has 4 N–H and O–H groups in total. The summed E-state index contributed by atoms with van der Waals surface area (Å²) in [6.07, 6.45) is 1.30. The number of carbonyl (C=O) groups is 1. The van der Waals surface area contributed by atoms with Crippen molar-refractivity contribution in [3.63, 3.8) is 0 Å². The maximum Gasteiger partial charge on any atom is 0.146 e. The number of carbonyl (C=O) groups excluding carboxylic acids is 1. The van der Waals surface area contributed by atoms with Gasteiger partial charge in [-0.1, -0.05) is 6.42 Å². The molecule has 0 unspecified atom stereocenters. The Labute approximate surface area is 64.6 Å². The molecule has 0 fully saturated rings. The maximum atomic E-state index is 10.6. The molecule has 0 aliphatic rings. The SMILES string of the molecule is [2H]C([2H])([15NH2])C[13CH2]C[C@H](N)C(C)=O. The summed E-state index contributed by atoms with van der Waals surface area (Å²) in [7, 11) is 0. The van der Waals surface area contributed by atoms with Crippen LogP contribution in [0.15, 0.2) is 0 Å². The number of hydrogen-bond donors (Lipinski definition) is 2. The van der Waals surface area contributed by atoms with Gasteiger partial charge in [-0.15, -0.1) is 0 Å². The van der Waals surface area contributed by atoms with Crippen molar-refractivity contribution in [1.29, 1.82) is 0 Å². The molecule has 3 heteroatoms. The molecule has 0 aromatic rings. The third-order valence-electron chi connectivity index (χ3n) is 1.36. The van der Waals surface area contributed by atoms with Crippen LogP contribution in [0.5, 0.6) is 0 Å². The van der Waals surface area contributed by atoms with E-state index < -0.39 is 12.5 Å². The largest absolute Gasteiger partial charge is 0.330 e. The Kier molecular flexibility index (Phi) is 3.40. The van der Waals surface area contributed by atoms with E-state index in [4.69, 9.17) is 14.2 Å². The minimum Gasteiger partial charge on any atom is -0.330 e. The van der Waals surface area contributed by atoms with Crippen LogP contribution in [0.4, 0.5) is 0 Å². The molecule has 0 spiro atoms. The van der Waals surface area contributed by atoms with E-state index in [9.17, 15) is 4.79 Å². The van der Waals surface area contributed by atoms with Crippen LogP contribution in [0.25, 0.3) is 0 Å². The molecule has 0 aromatic heterocycles. The number of hydrogen-bond acceptors (Lipinski definition) is 3. The van der Waals surface area contributed by atoms with E-state index in [1.54, 1.807) is 0 Å². The second kappa shape index (κ2) is 5.38. The van der Waals surface area contributed by atoms with Gasteiger partial charge in [0, 0.05) is 2.74 Å². The first-order chi connectivity index (χ1) is 5.33. The molecule has 0 aliphatic heterocycles. The van der Waals surface area contributed by atoms with Crippen molar-refractivity contribution in [2.75, 3.05) is 6.50 Å². The third-order valence-corrected chi connectivity index (χ3v) is 1.36. The summed E-state index contributed by atoms with van der Waals surface area (Å²) in [5, 5.41) is 0. The fourth-order valence-electron chi connectivity index (χ4n) is 0.627. The Morgan fingerprint density at radius 3 is 2.70 bits per heavy atom. The summed E-state index contributed by atoms with van der Waals surface area (Å²) in [5.74, 6) is -0.0624. The fourth-order valence-corrected chi connectivity index (χ4v) is 0.627. The number of rotatable bonds is 5. The van der Waals surface area contributed by atoms with E-state index in [0.29, 0.717) is 12.8 Å². The van der Waals surface area contributed by atoms with Crippen LogP contribution in [-0.2, 0) is 4.79 Å². The minimum atomic E-state index is -1.64.